The van der Waals surface area contributed by atoms with Crippen LogP contribution in [0.25, 0.3) is 0 Å². The zero-order chi connectivity index (χ0) is 23.9. The average Bonchev–Trinajstić information content (AvgIpc) is 3.38. The summed E-state index contributed by atoms with van der Waals surface area (Å²) in [6.07, 6.45) is 0. The summed E-state index contributed by atoms with van der Waals surface area (Å²) in [5.41, 5.74) is 3.49. The summed E-state index contributed by atoms with van der Waals surface area (Å²) in [5.74, 6) is 0.704. The molecule has 34 heavy (non-hydrogen) atoms. The Labute approximate surface area is 201 Å². The van der Waals surface area contributed by atoms with E-state index in [1.165, 1.54) is 17.8 Å². The topological polar surface area (TPSA) is 61.9 Å². The number of nitrogens with zero attached hydrogens (tertiary/aromatic N) is 2. The van der Waals surface area contributed by atoms with E-state index >= 15 is 0 Å². The number of carbonyl (C=O) groups excluding carboxylic acids is 2. The number of fused-ring (bicyclic) bond motifs is 2. The largest absolute Gasteiger partial charge is 0.497 e. The fourth-order valence-electron chi connectivity index (χ4n) is 4.55. The molecule has 6 nitrogen and oxygen atoms in total. The maximum atomic E-state index is 14.5. The number of urea groups is 1. The number of ether oxygens (including phenoxy) is 1. The fraction of sp³-hybridized carbons (Fsp3) is 0.231. The molecule has 5 rings (SSSR count). The van der Waals surface area contributed by atoms with Gasteiger partial charge in [0, 0.05) is 29.1 Å². The predicted octanol–water partition coefficient (Wildman–Crippen LogP) is 5.12. The highest BCUT2D eigenvalue weighted by molar-refractivity contribution is 8.01. The molecule has 0 aromatic heterocycles. The molecule has 3 aromatic carbocycles. The first kappa shape index (κ1) is 22.3. The molecule has 1 saturated heterocycles. The predicted molar refractivity (Wildman–Crippen MR) is 132 cm³/mol. The lowest BCUT2D eigenvalue weighted by atomic mass is 10.0. The molecule has 0 radical (unpaired) electrons. The maximum absolute atomic E-state index is 14.5. The van der Waals surface area contributed by atoms with Crippen molar-refractivity contribution in [1.29, 1.82) is 0 Å². The van der Waals surface area contributed by atoms with Gasteiger partial charge < -0.3 is 15.0 Å². The summed E-state index contributed by atoms with van der Waals surface area (Å²) in [4.78, 5) is 29.4. The minimum atomic E-state index is -1.19. The van der Waals surface area contributed by atoms with E-state index in [-0.39, 0.29) is 24.3 Å². The molecule has 1 spiro atoms. The number of benzene rings is 3. The fourth-order valence-corrected chi connectivity index (χ4v) is 6.00. The number of carbonyl (C=O) groups is 2. The van der Waals surface area contributed by atoms with E-state index in [1.807, 2.05) is 25.1 Å². The van der Waals surface area contributed by atoms with Gasteiger partial charge in [-0.25, -0.2) is 9.18 Å². The molecule has 2 aliphatic rings. The average molecular weight is 478 g/mol. The van der Waals surface area contributed by atoms with E-state index < -0.39 is 4.87 Å². The molecule has 1 N–H and O–H groups in total. The molecule has 174 valence electrons. The van der Waals surface area contributed by atoms with Crippen LogP contribution in [0.4, 0.5) is 20.6 Å². The van der Waals surface area contributed by atoms with Crippen LogP contribution in [-0.2, 0) is 16.2 Å². The van der Waals surface area contributed by atoms with Gasteiger partial charge in [-0.15, -0.1) is 11.8 Å². The molecule has 0 bridgehead atoms. The molecule has 1 unspecified atom stereocenters. The van der Waals surface area contributed by atoms with Gasteiger partial charge in [0.2, 0.25) is 0 Å². The number of hydrogen-bond donors (Lipinski definition) is 1. The molecule has 1 fully saturated rings. The lowest BCUT2D eigenvalue weighted by molar-refractivity contribution is -0.123. The Hall–Kier alpha value is -3.52. The Balaban J connectivity index is 1.51. The van der Waals surface area contributed by atoms with Gasteiger partial charge in [0.15, 0.2) is 4.87 Å². The Morgan fingerprint density at radius 1 is 1.15 bits per heavy atom. The van der Waals surface area contributed by atoms with E-state index in [4.69, 9.17) is 4.74 Å². The van der Waals surface area contributed by atoms with Crippen LogP contribution in [-0.4, -0.2) is 36.2 Å². The molecule has 3 amide bonds. The number of thioether (sulfide) groups is 1. The third kappa shape index (κ3) is 3.58. The van der Waals surface area contributed by atoms with Crippen molar-refractivity contribution in [2.75, 3.05) is 29.6 Å². The Morgan fingerprint density at radius 2 is 1.91 bits per heavy atom. The summed E-state index contributed by atoms with van der Waals surface area (Å²) >= 11 is 1.44. The highest BCUT2D eigenvalue weighted by atomic mass is 32.2. The van der Waals surface area contributed by atoms with Crippen LogP contribution in [0.3, 0.4) is 0 Å². The van der Waals surface area contributed by atoms with Crippen molar-refractivity contribution in [3.63, 3.8) is 0 Å². The minimum absolute atomic E-state index is 0.0951. The SMILES string of the molecule is COc1ccc(NC(=O)N2CCSC23C(=O)N(Cc2ccccc2F)c2ccc(C)cc23)cc1. The van der Waals surface area contributed by atoms with Crippen molar-refractivity contribution in [3.05, 3.63) is 89.2 Å². The van der Waals surface area contributed by atoms with Gasteiger partial charge in [0.05, 0.1) is 19.3 Å². The zero-order valence-corrected chi connectivity index (χ0v) is 19.7. The van der Waals surface area contributed by atoms with Crippen molar-refractivity contribution in [3.8, 4) is 5.75 Å². The summed E-state index contributed by atoms with van der Waals surface area (Å²) in [6.45, 7) is 2.47. The van der Waals surface area contributed by atoms with Gasteiger partial charge in [-0.2, -0.15) is 0 Å². The van der Waals surface area contributed by atoms with Crippen molar-refractivity contribution in [1.82, 2.24) is 4.90 Å². The number of anilines is 2. The van der Waals surface area contributed by atoms with Crippen molar-refractivity contribution in [2.24, 2.45) is 0 Å². The number of amides is 3. The van der Waals surface area contributed by atoms with Gasteiger partial charge >= 0.3 is 6.03 Å². The Morgan fingerprint density at radius 3 is 2.65 bits per heavy atom. The Kier molecular flexibility index (Phi) is 5.69. The second-order valence-electron chi connectivity index (χ2n) is 8.31. The summed E-state index contributed by atoms with van der Waals surface area (Å²) in [5, 5.41) is 2.91. The van der Waals surface area contributed by atoms with Crippen molar-refractivity contribution >= 4 is 35.1 Å². The minimum Gasteiger partial charge on any atom is -0.497 e. The molecule has 0 saturated carbocycles. The molecule has 2 aliphatic heterocycles. The van der Waals surface area contributed by atoms with Gasteiger partial charge in [0.1, 0.15) is 11.6 Å². The van der Waals surface area contributed by atoms with Crippen LogP contribution in [0, 0.1) is 12.7 Å². The first-order valence-electron chi connectivity index (χ1n) is 11.0. The Bertz CT molecular complexity index is 1270. The van der Waals surface area contributed by atoms with Gasteiger partial charge in [-0.1, -0.05) is 35.9 Å². The van der Waals surface area contributed by atoms with Crippen molar-refractivity contribution < 1.29 is 18.7 Å². The number of nitrogens with one attached hydrogen (secondary N) is 1. The maximum Gasteiger partial charge on any atom is 0.323 e. The number of methoxy groups -OCH3 is 1. The third-order valence-electron chi connectivity index (χ3n) is 6.22. The second kappa shape index (κ2) is 8.68. The lowest BCUT2D eigenvalue weighted by Gasteiger charge is -2.33. The quantitative estimate of drug-likeness (QED) is 0.566. The lowest BCUT2D eigenvalue weighted by Crippen LogP contribution is -2.51. The molecular weight excluding hydrogens is 453 g/mol. The molecular formula is C26H24FN3O3S. The second-order valence-corrected chi connectivity index (χ2v) is 9.59. The van der Waals surface area contributed by atoms with Crippen molar-refractivity contribution in [2.45, 2.75) is 18.3 Å². The molecule has 1 atom stereocenters. The van der Waals surface area contributed by atoms with Crippen LogP contribution in [0.15, 0.2) is 66.7 Å². The van der Waals surface area contributed by atoms with Crippen LogP contribution in [0.1, 0.15) is 16.7 Å². The third-order valence-corrected chi connectivity index (χ3v) is 7.64. The van der Waals surface area contributed by atoms with Gasteiger partial charge in [-0.3, -0.25) is 9.69 Å². The van der Waals surface area contributed by atoms with Crippen LogP contribution >= 0.6 is 11.8 Å². The van der Waals surface area contributed by atoms with E-state index in [1.54, 1.807) is 59.4 Å². The van der Waals surface area contributed by atoms with Crippen LogP contribution in [0.2, 0.25) is 0 Å². The number of rotatable bonds is 4. The normalized spacial score (nSPS) is 19.0. The highest BCUT2D eigenvalue weighted by Gasteiger charge is 2.59. The van der Waals surface area contributed by atoms with E-state index in [0.717, 1.165) is 11.1 Å². The molecule has 8 heteroatoms. The standard InChI is InChI=1S/C26H24FN3O3S/c1-17-7-12-23-21(15-17)26(24(31)29(23)16-18-5-3-4-6-22(18)27)30(13-14-34-26)25(32)28-19-8-10-20(33-2)11-9-19/h3-12,15H,13-14,16H2,1-2H3,(H,28,32). The number of hydrogen-bond acceptors (Lipinski definition) is 4. The van der Waals surface area contributed by atoms with Gasteiger partial charge in [0.25, 0.3) is 5.91 Å². The molecule has 0 aliphatic carbocycles. The molecule has 2 heterocycles. The monoisotopic (exact) mass is 477 g/mol. The number of halogens is 1. The summed E-state index contributed by atoms with van der Waals surface area (Å²) < 4.78 is 19.6. The van der Waals surface area contributed by atoms with Gasteiger partial charge in [-0.05, 0) is 43.3 Å². The zero-order valence-electron chi connectivity index (χ0n) is 18.9. The highest BCUT2D eigenvalue weighted by Crippen LogP contribution is 2.54. The first-order chi connectivity index (χ1) is 16.4. The number of aryl methyl sites for hydroxylation is 1. The van der Waals surface area contributed by atoms with E-state index in [9.17, 15) is 14.0 Å². The van der Waals surface area contributed by atoms with E-state index in [0.29, 0.717) is 35.0 Å². The smallest absolute Gasteiger partial charge is 0.323 e. The summed E-state index contributed by atoms with van der Waals surface area (Å²) in [7, 11) is 1.58. The van der Waals surface area contributed by atoms with Crippen LogP contribution in [0.5, 0.6) is 5.75 Å². The van der Waals surface area contributed by atoms with Crippen LogP contribution < -0.4 is 15.0 Å². The summed E-state index contributed by atoms with van der Waals surface area (Å²) in [6, 6.07) is 18.9. The van der Waals surface area contributed by atoms with E-state index in [2.05, 4.69) is 5.32 Å². The molecule has 3 aromatic rings. The first-order valence-corrected chi connectivity index (χ1v) is 12.0.